The Morgan fingerprint density at radius 3 is 2.62 bits per heavy atom. The van der Waals surface area contributed by atoms with Crippen LogP contribution in [0, 0.1) is 0 Å². The summed E-state index contributed by atoms with van der Waals surface area (Å²) in [5, 5.41) is 0. The molecule has 0 unspecified atom stereocenters. The van der Waals surface area contributed by atoms with Crippen molar-refractivity contribution in [3.05, 3.63) is 35.4 Å². The first-order chi connectivity index (χ1) is 11.2. The normalized spacial score (nSPS) is 20.2. The number of thioether (sulfide) groups is 1. The molecule has 24 heavy (non-hydrogen) atoms. The van der Waals surface area contributed by atoms with E-state index in [0.717, 1.165) is 17.1 Å². The predicted molar refractivity (Wildman–Crippen MR) is 101 cm³/mol. The van der Waals surface area contributed by atoms with Gasteiger partial charge in [-0.15, -0.1) is 0 Å². The van der Waals surface area contributed by atoms with Gasteiger partial charge in [-0.1, -0.05) is 24.3 Å². The number of benzene rings is 1. The van der Waals surface area contributed by atoms with Crippen molar-refractivity contribution >= 4 is 33.6 Å². The second kappa shape index (κ2) is 7.54. The fourth-order valence-electron chi connectivity index (χ4n) is 2.11. The van der Waals surface area contributed by atoms with Gasteiger partial charge in [-0.05, 0) is 25.0 Å². The number of hydrogen-bond donors (Lipinski definition) is 3. The molecule has 1 aromatic carbocycles. The first-order valence-electron chi connectivity index (χ1n) is 7.49. The van der Waals surface area contributed by atoms with Crippen molar-refractivity contribution in [1.29, 1.82) is 0 Å². The Balaban J connectivity index is 1.85. The quantitative estimate of drug-likeness (QED) is 0.649. The summed E-state index contributed by atoms with van der Waals surface area (Å²) in [6.45, 7) is 4.48. The van der Waals surface area contributed by atoms with Gasteiger partial charge >= 0.3 is 10.2 Å². The molecule has 9 heteroatoms. The minimum Gasteiger partial charge on any atom is -0.322 e. The molecule has 4 N–H and O–H groups in total. The second-order valence-corrected chi connectivity index (χ2v) is 8.51. The van der Waals surface area contributed by atoms with Gasteiger partial charge in [0.1, 0.15) is 0 Å². The van der Waals surface area contributed by atoms with Crippen LogP contribution < -0.4 is 15.2 Å². The molecular formula is C15H23N5O2S2. The minimum absolute atomic E-state index is 0.248. The van der Waals surface area contributed by atoms with Crippen molar-refractivity contribution in [2.45, 2.75) is 25.1 Å². The number of rotatable bonds is 6. The average Bonchev–Trinajstić information content (AvgIpc) is 2.80. The van der Waals surface area contributed by atoms with Gasteiger partial charge in [-0.3, -0.25) is 9.98 Å². The van der Waals surface area contributed by atoms with E-state index in [0.29, 0.717) is 6.54 Å². The molecule has 1 aromatic rings. The van der Waals surface area contributed by atoms with E-state index >= 15 is 0 Å². The molecule has 0 amide bonds. The van der Waals surface area contributed by atoms with Crippen molar-refractivity contribution in [2.24, 2.45) is 15.7 Å². The largest absolute Gasteiger partial charge is 0.324 e. The number of hydrogen-bond acceptors (Lipinski definition) is 6. The summed E-state index contributed by atoms with van der Waals surface area (Å²) in [7, 11) is -2.03. The summed E-state index contributed by atoms with van der Waals surface area (Å²) in [4.78, 5) is 8.11. The van der Waals surface area contributed by atoms with Gasteiger partial charge in [0, 0.05) is 24.1 Å². The summed E-state index contributed by atoms with van der Waals surface area (Å²) in [6, 6.07) is 8.24. The molecule has 7 nitrogen and oxygen atoms in total. The van der Waals surface area contributed by atoms with Crippen LogP contribution in [0.4, 0.5) is 0 Å². The molecular weight excluding hydrogens is 346 g/mol. The predicted octanol–water partition coefficient (Wildman–Crippen LogP) is 0.978. The lowest BCUT2D eigenvalue weighted by Crippen LogP contribution is -2.28. The van der Waals surface area contributed by atoms with Crippen LogP contribution in [0.5, 0.6) is 0 Å². The molecule has 1 heterocycles. The van der Waals surface area contributed by atoms with E-state index in [1.165, 1.54) is 12.6 Å². The smallest absolute Gasteiger partial charge is 0.322 e. The van der Waals surface area contributed by atoms with E-state index in [2.05, 4.69) is 31.6 Å². The van der Waals surface area contributed by atoms with Crippen molar-refractivity contribution < 1.29 is 8.42 Å². The second-order valence-electron chi connectivity index (χ2n) is 5.98. The monoisotopic (exact) mass is 369 g/mol. The number of amidine groups is 2. The number of nitrogens with one attached hydrogen (secondary N) is 2. The fraction of sp³-hybridized carbons (Fsp3) is 0.467. The zero-order chi connectivity index (χ0) is 17.8. The van der Waals surface area contributed by atoms with Crippen LogP contribution in [0.2, 0.25) is 0 Å². The Kier molecular flexibility index (Phi) is 5.89. The van der Waals surface area contributed by atoms with Crippen molar-refractivity contribution in [1.82, 2.24) is 9.44 Å². The minimum atomic E-state index is -3.54. The third-order valence-electron chi connectivity index (χ3n) is 3.36. The molecule has 0 radical (unpaired) electrons. The summed E-state index contributed by atoms with van der Waals surface area (Å²) >= 11 is 1.73. The highest BCUT2D eigenvalue weighted by atomic mass is 32.2. The number of aliphatic imine (C=N–C) groups is 2. The highest BCUT2D eigenvalue weighted by molar-refractivity contribution is 7.98. The van der Waals surface area contributed by atoms with Crippen LogP contribution in [0.15, 0.2) is 34.3 Å². The molecule has 1 saturated heterocycles. The standard InChI is InChI=1S/C15H23N5O2S2/c1-15(2,16)12-6-4-5-11(9-12)10-23-8-7-18-14-13(17-3)19-24(21,22)20-14/h4-6,9H,7-8,10,16H2,1-3H3,(H,17,19)(H,18,20). The molecule has 0 saturated carbocycles. The van der Waals surface area contributed by atoms with Gasteiger partial charge in [0.05, 0.1) is 6.54 Å². The summed E-state index contributed by atoms with van der Waals surface area (Å²) in [5.41, 5.74) is 8.09. The Hall–Kier alpha value is -1.58. The van der Waals surface area contributed by atoms with E-state index in [1.54, 1.807) is 11.8 Å². The lowest BCUT2D eigenvalue weighted by atomic mass is 9.94. The maximum Gasteiger partial charge on any atom is 0.324 e. The van der Waals surface area contributed by atoms with Crippen LogP contribution in [0.3, 0.4) is 0 Å². The topological polar surface area (TPSA) is 109 Å². The Bertz CT molecular complexity index is 751. The Morgan fingerprint density at radius 2 is 1.96 bits per heavy atom. The number of nitrogens with two attached hydrogens (primary N) is 1. The first kappa shape index (κ1) is 18.8. The molecule has 132 valence electrons. The number of nitrogens with zero attached hydrogens (tertiary/aromatic N) is 2. The maximum atomic E-state index is 11.4. The molecule has 0 aliphatic carbocycles. The molecule has 0 spiro atoms. The SMILES string of the molecule is CN=C1NS(=O)(=O)NC1=NCCSCc1cccc(C(C)(C)N)c1. The van der Waals surface area contributed by atoms with Crippen LogP contribution >= 0.6 is 11.8 Å². The van der Waals surface area contributed by atoms with Crippen LogP contribution in [0.25, 0.3) is 0 Å². The molecule has 1 aliphatic rings. The highest BCUT2D eigenvalue weighted by Gasteiger charge is 2.27. The zero-order valence-electron chi connectivity index (χ0n) is 14.0. The van der Waals surface area contributed by atoms with E-state index < -0.39 is 10.2 Å². The van der Waals surface area contributed by atoms with Gasteiger partial charge in [0.15, 0.2) is 11.7 Å². The highest BCUT2D eigenvalue weighted by Crippen LogP contribution is 2.20. The van der Waals surface area contributed by atoms with Crippen molar-refractivity contribution in [3.8, 4) is 0 Å². The van der Waals surface area contributed by atoms with E-state index in [9.17, 15) is 8.42 Å². The van der Waals surface area contributed by atoms with E-state index in [1.807, 2.05) is 26.0 Å². The molecule has 0 aromatic heterocycles. The Labute approximate surface area is 147 Å². The lowest BCUT2D eigenvalue weighted by molar-refractivity contribution is 0.554. The first-order valence-corrected chi connectivity index (χ1v) is 10.1. The van der Waals surface area contributed by atoms with Crippen molar-refractivity contribution in [3.63, 3.8) is 0 Å². The fourth-order valence-corrected chi connectivity index (χ4v) is 3.80. The third-order valence-corrected chi connectivity index (χ3v) is 5.29. The molecule has 1 fully saturated rings. The molecule has 2 rings (SSSR count). The van der Waals surface area contributed by atoms with Gasteiger partial charge in [0.25, 0.3) is 0 Å². The van der Waals surface area contributed by atoms with Crippen molar-refractivity contribution in [2.75, 3.05) is 19.3 Å². The maximum absolute atomic E-state index is 11.4. The lowest BCUT2D eigenvalue weighted by Gasteiger charge is -2.19. The van der Waals surface area contributed by atoms with Crippen LogP contribution in [-0.2, 0) is 21.5 Å². The van der Waals surface area contributed by atoms with E-state index in [-0.39, 0.29) is 17.2 Å². The molecule has 1 aliphatic heterocycles. The molecule has 0 atom stereocenters. The summed E-state index contributed by atoms with van der Waals surface area (Å²) in [6.07, 6.45) is 0. The molecule has 0 bridgehead atoms. The summed E-state index contributed by atoms with van der Waals surface area (Å²) in [5.74, 6) is 2.15. The third kappa shape index (κ3) is 5.22. The van der Waals surface area contributed by atoms with Crippen LogP contribution in [0.1, 0.15) is 25.0 Å². The van der Waals surface area contributed by atoms with E-state index in [4.69, 9.17) is 5.73 Å². The van der Waals surface area contributed by atoms with Gasteiger partial charge in [-0.25, -0.2) is 9.44 Å². The van der Waals surface area contributed by atoms with Gasteiger partial charge in [0.2, 0.25) is 0 Å². The summed E-state index contributed by atoms with van der Waals surface area (Å²) < 4.78 is 27.4. The zero-order valence-corrected chi connectivity index (χ0v) is 15.7. The van der Waals surface area contributed by atoms with Gasteiger partial charge in [-0.2, -0.15) is 20.2 Å². The average molecular weight is 370 g/mol. The van der Waals surface area contributed by atoms with Crippen LogP contribution in [-0.4, -0.2) is 39.4 Å². The Morgan fingerprint density at radius 1 is 1.25 bits per heavy atom. The van der Waals surface area contributed by atoms with Gasteiger partial charge < -0.3 is 5.73 Å².